The minimum atomic E-state index is -0.399. The number of carbonyl (C=O) groups excluding carboxylic acids is 2. The number of rotatable bonds is 10. The van der Waals surface area contributed by atoms with Gasteiger partial charge in [0.1, 0.15) is 0 Å². The van der Waals surface area contributed by atoms with Crippen molar-refractivity contribution in [1.29, 1.82) is 0 Å². The van der Waals surface area contributed by atoms with Gasteiger partial charge in [-0.05, 0) is 60.6 Å². The van der Waals surface area contributed by atoms with Crippen LogP contribution in [0.2, 0.25) is 0 Å². The predicted octanol–water partition coefficient (Wildman–Crippen LogP) is 3.00. The third kappa shape index (κ3) is 8.01. The third-order valence-electron chi connectivity index (χ3n) is 4.26. The average molecular weight is 458 g/mol. The van der Waals surface area contributed by atoms with Crippen LogP contribution in [-0.2, 0) is 9.53 Å². The maximum atomic E-state index is 12.2. The molecule has 0 heterocycles. The summed E-state index contributed by atoms with van der Waals surface area (Å²) >= 11 is 5.20. The van der Waals surface area contributed by atoms with Gasteiger partial charge in [-0.1, -0.05) is 12.1 Å². The minimum absolute atomic E-state index is 0.115. The van der Waals surface area contributed by atoms with Gasteiger partial charge in [0.25, 0.3) is 5.91 Å². The Morgan fingerprint density at radius 2 is 1.81 bits per heavy atom. The van der Waals surface area contributed by atoms with E-state index in [0.29, 0.717) is 35.9 Å². The van der Waals surface area contributed by atoms with E-state index < -0.39 is 5.91 Å². The Hall–Kier alpha value is -3.43. The summed E-state index contributed by atoms with van der Waals surface area (Å²) < 4.78 is 15.4. The van der Waals surface area contributed by atoms with E-state index in [9.17, 15) is 9.59 Å². The fourth-order valence-electron chi connectivity index (χ4n) is 2.70. The van der Waals surface area contributed by atoms with E-state index in [4.69, 9.17) is 26.4 Å². The third-order valence-corrected chi connectivity index (χ3v) is 4.47. The molecule has 9 heteroatoms. The van der Waals surface area contributed by atoms with Crippen molar-refractivity contribution >= 4 is 40.9 Å². The molecule has 0 fully saturated rings. The number of nitrogens with one attached hydrogen (secondary N) is 3. The van der Waals surface area contributed by atoms with Gasteiger partial charge >= 0.3 is 0 Å². The zero-order valence-electron chi connectivity index (χ0n) is 18.3. The molecule has 170 valence electrons. The molecule has 0 unspecified atom stereocenters. The number of hydrogen-bond acceptors (Lipinski definition) is 6. The molecule has 0 aliphatic carbocycles. The average Bonchev–Trinajstić information content (AvgIpc) is 2.80. The van der Waals surface area contributed by atoms with Gasteiger partial charge in [0.2, 0.25) is 5.91 Å². The SMILES string of the molecule is COCCCNC(=O)c1cccc(NC(=S)NC(=O)/C=C/c2ccc(OC)c(OC)c2)c1. The fraction of sp³-hybridized carbons (Fsp3) is 0.261. The van der Waals surface area contributed by atoms with Gasteiger partial charge in [0.05, 0.1) is 14.2 Å². The summed E-state index contributed by atoms with van der Waals surface area (Å²) in [5.74, 6) is 0.571. The zero-order chi connectivity index (χ0) is 23.3. The molecule has 0 saturated heterocycles. The lowest BCUT2D eigenvalue weighted by Gasteiger charge is -2.10. The molecule has 2 aromatic carbocycles. The van der Waals surface area contributed by atoms with Crippen LogP contribution in [-0.4, -0.2) is 51.4 Å². The number of carbonyl (C=O) groups is 2. The summed E-state index contributed by atoms with van der Waals surface area (Å²) in [7, 11) is 4.72. The maximum absolute atomic E-state index is 12.2. The van der Waals surface area contributed by atoms with Crippen LogP contribution >= 0.6 is 12.2 Å². The van der Waals surface area contributed by atoms with E-state index >= 15 is 0 Å². The second-order valence-electron chi connectivity index (χ2n) is 6.57. The molecule has 2 aromatic rings. The molecule has 0 aliphatic rings. The number of thiocarbonyl (C=S) groups is 1. The van der Waals surface area contributed by atoms with Crippen molar-refractivity contribution in [3.8, 4) is 11.5 Å². The van der Waals surface area contributed by atoms with Crippen LogP contribution in [0.3, 0.4) is 0 Å². The molecule has 0 aliphatic heterocycles. The summed E-state index contributed by atoms with van der Waals surface area (Å²) in [6, 6.07) is 12.1. The van der Waals surface area contributed by atoms with Crippen molar-refractivity contribution in [1.82, 2.24) is 10.6 Å². The van der Waals surface area contributed by atoms with Crippen LogP contribution < -0.4 is 25.4 Å². The van der Waals surface area contributed by atoms with E-state index in [1.54, 1.807) is 69.9 Å². The van der Waals surface area contributed by atoms with Gasteiger partial charge in [-0.15, -0.1) is 0 Å². The monoisotopic (exact) mass is 457 g/mol. The van der Waals surface area contributed by atoms with E-state index in [1.165, 1.54) is 6.08 Å². The number of benzene rings is 2. The second kappa shape index (κ2) is 13.1. The zero-order valence-corrected chi connectivity index (χ0v) is 19.1. The van der Waals surface area contributed by atoms with Gasteiger partial charge in [-0.25, -0.2) is 0 Å². The highest BCUT2D eigenvalue weighted by atomic mass is 32.1. The van der Waals surface area contributed by atoms with Crippen LogP contribution in [0.5, 0.6) is 11.5 Å². The van der Waals surface area contributed by atoms with Gasteiger partial charge in [-0.2, -0.15) is 0 Å². The smallest absolute Gasteiger partial charge is 0.251 e. The summed E-state index contributed by atoms with van der Waals surface area (Å²) in [6.07, 6.45) is 3.72. The lowest BCUT2D eigenvalue weighted by molar-refractivity contribution is -0.115. The molecule has 0 atom stereocenters. The van der Waals surface area contributed by atoms with Gasteiger partial charge in [0.15, 0.2) is 16.6 Å². The molecule has 32 heavy (non-hydrogen) atoms. The fourth-order valence-corrected chi connectivity index (χ4v) is 2.92. The molecule has 0 spiro atoms. The van der Waals surface area contributed by atoms with Gasteiger partial charge < -0.3 is 24.8 Å². The highest BCUT2D eigenvalue weighted by molar-refractivity contribution is 7.80. The first-order valence-electron chi connectivity index (χ1n) is 9.86. The molecular weight excluding hydrogens is 430 g/mol. The number of methoxy groups -OCH3 is 3. The van der Waals surface area contributed by atoms with E-state index in [2.05, 4.69) is 16.0 Å². The number of ether oxygens (including phenoxy) is 3. The van der Waals surface area contributed by atoms with Crippen molar-refractivity contribution in [3.05, 3.63) is 59.7 Å². The standard InChI is InChI=1S/C23H27N3O5S/c1-29-13-5-12-24-22(28)17-6-4-7-18(15-17)25-23(32)26-21(27)11-9-16-8-10-19(30-2)20(14-16)31-3/h4,6-11,14-15H,5,12-13H2,1-3H3,(H,24,28)(H2,25,26,27,32)/b11-9+. The molecule has 3 N–H and O–H groups in total. The summed E-state index contributed by atoms with van der Waals surface area (Å²) in [6.45, 7) is 1.10. The molecular formula is C23H27N3O5S. The van der Waals surface area contributed by atoms with Crippen molar-refractivity contribution in [3.63, 3.8) is 0 Å². The highest BCUT2D eigenvalue weighted by Gasteiger charge is 2.08. The van der Waals surface area contributed by atoms with Crippen LogP contribution in [0.15, 0.2) is 48.5 Å². The molecule has 8 nitrogen and oxygen atoms in total. The number of hydrogen-bond donors (Lipinski definition) is 3. The number of amides is 2. The Morgan fingerprint density at radius 1 is 1.03 bits per heavy atom. The van der Waals surface area contributed by atoms with E-state index in [0.717, 1.165) is 12.0 Å². The normalized spacial score (nSPS) is 10.5. The largest absolute Gasteiger partial charge is 0.493 e. The molecule has 0 radical (unpaired) electrons. The Labute approximate surface area is 192 Å². The summed E-state index contributed by atoms with van der Waals surface area (Å²) in [5, 5.41) is 8.41. The minimum Gasteiger partial charge on any atom is -0.493 e. The Balaban J connectivity index is 1.90. The Kier molecular flexibility index (Phi) is 10.2. The quantitative estimate of drug-likeness (QED) is 0.287. The lowest BCUT2D eigenvalue weighted by atomic mass is 10.2. The van der Waals surface area contributed by atoms with Crippen molar-refractivity contribution in [2.24, 2.45) is 0 Å². The summed E-state index contributed by atoms with van der Waals surface area (Å²) in [4.78, 5) is 24.4. The van der Waals surface area contributed by atoms with Crippen LogP contribution in [0.1, 0.15) is 22.3 Å². The van der Waals surface area contributed by atoms with Gasteiger partial charge in [0, 0.05) is 37.6 Å². The molecule has 0 bridgehead atoms. The second-order valence-corrected chi connectivity index (χ2v) is 6.98. The first-order chi connectivity index (χ1) is 15.5. The Bertz CT molecular complexity index is 978. The topological polar surface area (TPSA) is 97.9 Å². The van der Waals surface area contributed by atoms with Crippen molar-refractivity contribution in [2.45, 2.75) is 6.42 Å². The highest BCUT2D eigenvalue weighted by Crippen LogP contribution is 2.27. The molecule has 0 aromatic heterocycles. The number of anilines is 1. The van der Waals surface area contributed by atoms with E-state index in [-0.39, 0.29) is 11.0 Å². The summed E-state index contributed by atoms with van der Waals surface area (Å²) in [5.41, 5.74) is 1.83. The van der Waals surface area contributed by atoms with E-state index in [1.807, 2.05) is 0 Å². The van der Waals surface area contributed by atoms with Crippen molar-refractivity contribution in [2.75, 3.05) is 39.8 Å². The lowest BCUT2D eigenvalue weighted by Crippen LogP contribution is -2.33. The first-order valence-corrected chi connectivity index (χ1v) is 10.3. The Morgan fingerprint density at radius 3 is 2.53 bits per heavy atom. The van der Waals surface area contributed by atoms with Crippen molar-refractivity contribution < 1.29 is 23.8 Å². The van der Waals surface area contributed by atoms with Crippen LogP contribution in [0.25, 0.3) is 6.08 Å². The molecule has 2 rings (SSSR count). The van der Waals surface area contributed by atoms with Gasteiger partial charge in [-0.3, -0.25) is 14.9 Å². The van der Waals surface area contributed by atoms with Crippen LogP contribution in [0.4, 0.5) is 5.69 Å². The molecule has 2 amide bonds. The van der Waals surface area contributed by atoms with Crippen LogP contribution in [0, 0.1) is 0 Å². The molecule has 0 saturated carbocycles. The maximum Gasteiger partial charge on any atom is 0.251 e. The first kappa shape index (κ1) is 24.8. The predicted molar refractivity (Wildman–Crippen MR) is 128 cm³/mol.